The van der Waals surface area contributed by atoms with Crippen molar-refractivity contribution < 1.29 is 4.79 Å². The average Bonchev–Trinajstić information content (AvgIpc) is 3.02. The van der Waals surface area contributed by atoms with Crippen molar-refractivity contribution in [2.24, 2.45) is 0 Å². The molecule has 0 aliphatic carbocycles. The molecule has 0 unspecified atom stereocenters. The lowest BCUT2D eigenvalue weighted by Crippen LogP contribution is -2.29. The van der Waals surface area contributed by atoms with Crippen LogP contribution < -0.4 is 5.56 Å². The molecular formula is C15H16N4O2S2. The maximum absolute atomic E-state index is 12.5. The minimum Gasteiger partial charge on any atom is -0.344 e. The largest absolute Gasteiger partial charge is 0.344 e. The Morgan fingerprint density at radius 1 is 1.65 bits per heavy atom. The zero-order valence-electron chi connectivity index (χ0n) is 12.7. The third-order valence-electron chi connectivity index (χ3n) is 3.17. The molecule has 0 aliphatic heterocycles. The van der Waals surface area contributed by atoms with E-state index in [2.05, 4.69) is 11.6 Å². The van der Waals surface area contributed by atoms with Gasteiger partial charge in [-0.15, -0.1) is 17.9 Å². The van der Waals surface area contributed by atoms with Crippen LogP contribution in [-0.4, -0.2) is 39.7 Å². The van der Waals surface area contributed by atoms with E-state index in [4.69, 9.17) is 5.26 Å². The molecule has 0 spiro atoms. The van der Waals surface area contributed by atoms with Gasteiger partial charge in [0.15, 0.2) is 5.16 Å². The number of carbonyl (C=O) groups is 1. The molecule has 0 atom stereocenters. The maximum atomic E-state index is 12.5. The van der Waals surface area contributed by atoms with Gasteiger partial charge in [-0.1, -0.05) is 17.8 Å². The third-order valence-corrected chi connectivity index (χ3v) is 4.94. The van der Waals surface area contributed by atoms with E-state index in [1.165, 1.54) is 32.6 Å². The Morgan fingerprint density at radius 2 is 2.43 bits per heavy atom. The smallest absolute Gasteiger partial charge is 0.263 e. The fourth-order valence-corrected chi connectivity index (χ4v) is 3.66. The van der Waals surface area contributed by atoms with Crippen molar-refractivity contribution in [3.63, 3.8) is 0 Å². The zero-order chi connectivity index (χ0) is 16.8. The molecule has 0 fully saturated rings. The van der Waals surface area contributed by atoms with Gasteiger partial charge >= 0.3 is 0 Å². The van der Waals surface area contributed by atoms with Crippen LogP contribution in [0.1, 0.15) is 6.42 Å². The number of thiophene rings is 1. The summed E-state index contributed by atoms with van der Waals surface area (Å²) in [7, 11) is 1.66. The molecule has 0 radical (unpaired) electrons. The van der Waals surface area contributed by atoms with Crippen LogP contribution in [0.5, 0.6) is 0 Å². The molecule has 2 heterocycles. The van der Waals surface area contributed by atoms with Crippen LogP contribution in [0.25, 0.3) is 10.2 Å². The molecule has 8 heteroatoms. The van der Waals surface area contributed by atoms with Gasteiger partial charge in [-0.2, -0.15) is 5.26 Å². The Kier molecular flexibility index (Phi) is 5.96. The van der Waals surface area contributed by atoms with Crippen molar-refractivity contribution in [2.75, 3.05) is 19.3 Å². The van der Waals surface area contributed by atoms with E-state index in [-0.39, 0.29) is 17.2 Å². The minimum atomic E-state index is -0.121. The second-order valence-corrected chi connectivity index (χ2v) is 6.59. The molecule has 0 N–H and O–H groups in total. The first-order valence-electron chi connectivity index (χ1n) is 6.91. The maximum Gasteiger partial charge on any atom is 0.263 e. The molecule has 0 saturated heterocycles. The molecule has 0 saturated carbocycles. The Bertz CT molecular complexity index is 819. The summed E-state index contributed by atoms with van der Waals surface area (Å²) in [5.41, 5.74) is -0.121. The number of aromatic nitrogens is 2. The second-order valence-electron chi connectivity index (χ2n) is 4.75. The van der Waals surface area contributed by atoms with Gasteiger partial charge in [0.1, 0.15) is 4.83 Å². The van der Waals surface area contributed by atoms with Gasteiger partial charge in [0.05, 0.1) is 23.6 Å². The van der Waals surface area contributed by atoms with Crippen LogP contribution in [0.4, 0.5) is 0 Å². The van der Waals surface area contributed by atoms with Crippen LogP contribution >= 0.6 is 23.1 Å². The Labute approximate surface area is 142 Å². The first-order valence-corrected chi connectivity index (χ1v) is 8.77. The summed E-state index contributed by atoms with van der Waals surface area (Å²) < 4.78 is 1.52. The summed E-state index contributed by atoms with van der Waals surface area (Å²) >= 11 is 2.63. The summed E-state index contributed by atoms with van der Waals surface area (Å²) in [5.74, 6) is 0.0680. The Balaban J connectivity index is 2.20. The number of nitrogens with zero attached hydrogens (tertiary/aromatic N) is 4. The van der Waals surface area contributed by atoms with Gasteiger partial charge in [-0.3, -0.25) is 14.2 Å². The second kappa shape index (κ2) is 7.94. The Hall–Kier alpha value is -2.11. The monoisotopic (exact) mass is 348 g/mol. The van der Waals surface area contributed by atoms with Crippen molar-refractivity contribution in [2.45, 2.75) is 18.1 Å². The molecule has 1 amide bonds. The predicted octanol–water partition coefficient (Wildman–Crippen LogP) is 2.11. The van der Waals surface area contributed by atoms with E-state index in [9.17, 15) is 9.59 Å². The van der Waals surface area contributed by atoms with Gasteiger partial charge in [0.2, 0.25) is 5.91 Å². The van der Waals surface area contributed by atoms with Gasteiger partial charge in [-0.25, -0.2) is 4.98 Å². The van der Waals surface area contributed by atoms with Crippen LogP contribution in [0.2, 0.25) is 0 Å². The van der Waals surface area contributed by atoms with Crippen molar-refractivity contribution in [3.8, 4) is 6.07 Å². The zero-order valence-corrected chi connectivity index (χ0v) is 14.3. The lowest BCUT2D eigenvalue weighted by molar-refractivity contribution is -0.127. The summed E-state index contributed by atoms with van der Waals surface area (Å²) in [6.07, 6.45) is 1.93. The summed E-state index contributed by atoms with van der Waals surface area (Å²) in [6.45, 7) is 4.40. The first kappa shape index (κ1) is 17.2. The molecule has 120 valence electrons. The van der Waals surface area contributed by atoms with Crippen molar-refractivity contribution >= 4 is 39.2 Å². The molecule has 0 aromatic carbocycles. The van der Waals surface area contributed by atoms with Crippen molar-refractivity contribution in [3.05, 3.63) is 34.5 Å². The van der Waals surface area contributed by atoms with Gasteiger partial charge in [0.25, 0.3) is 5.56 Å². The highest BCUT2D eigenvalue weighted by atomic mass is 32.2. The number of rotatable bonds is 7. The van der Waals surface area contributed by atoms with Gasteiger partial charge in [-0.05, 0) is 11.4 Å². The number of fused-ring (bicyclic) bond motifs is 1. The highest BCUT2D eigenvalue weighted by Gasteiger charge is 2.15. The SMILES string of the molecule is C=CCn1c(SCC(=O)N(C)CCC#N)nc2sccc2c1=O. The van der Waals surface area contributed by atoms with Gasteiger partial charge < -0.3 is 4.90 Å². The summed E-state index contributed by atoms with van der Waals surface area (Å²) in [5, 5.41) is 11.5. The predicted molar refractivity (Wildman–Crippen MR) is 92.7 cm³/mol. The summed E-state index contributed by atoms with van der Waals surface area (Å²) in [6, 6.07) is 3.76. The Morgan fingerprint density at radius 3 is 3.13 bits per heavy atom. The van der Waals surface area contributed by atoms with Crippen molar-refractivity contribution in [1.82, 2.24) is 14.5 Å². The van der Waals surface area contributed by atoms with Crippen LogP contribution in [-0.2, 0) is 11.3 Å². The number of hydrogen-bond acceptors (Lipinski definition) is 6. The molecule has 0 bridgehead atoms. The molecule has 2 rings (SSSR count). The first-order chi connectivity index (χ1) is 11.1. The molecule has 0 aliphatic rings. The summed E-state index contributed by atoms with van der Waals surface area (Å²) in [4.78, 5) is 31.2. The number of amides is 1. The van der Waals surface area contributed by atoms with Crippen LogP contribution in [0, 0.1) is 11.3 Å². The van der Waals surface area contributed by atoms with Crippen LogP contribution in [0.3, 0.4) is 0 Å². The number of nitriles is 1. The third kappa shape index (κ3) is 4.00. The molecule has 2 aromatic heterocycles. The fraction of sp³-hybridized carbons (Fsp3) is 0.333. The minimum absolute atomic E-state index is 0.101. The number of thioether (sulfide) groups is 1. The van der Waals surface area contributed by atoms with E-state index >= 15 is 0 Å². The van der Waals surface area contributed by atoms with E-state index in [0.717, 1.165) is 0 Å². The van der Waals surface area contributed by atoms with Crippen LogP contribution in [0.15, 0.2) is 34.1 Å². The quantitative estimate of drug-likeness (QED) is 0.435. The van der Waals surface area contributed by atoms with E-state index < -0.39 is 0 Å². The average molecular weight is 348 g/mol. The van der Waals surface area contributed by atoms with E-state index in [1.54, 1.807) is 19.2 Å². The number of hydrogen-bond donors (Lipinski definition) is 0. The lowest BCUT2D eigenvalue weighted by atomic mass is 10.4. The van der Waals surface area contributed by atoms with Gasteiger partial charge in [0, 0.05) is 20.1 Å². The normalized spacial score (nSPS) is 10.4. The molecular weight excluding hydrogens is 332 g/mol. The number of carbonyl (C=O) groups excluding carboxylic acids is 1. The fourth-order valence-electron chi connectivity index (χ4n) is 1.91. The highest BCUT2D eigenvalue weighted by molar-refractivity contribution is 7.99. The van der Waals surface area contributed by atoms with E-state index in [1.807, 2.05) is 11.4 Å². The topological polar surface area (TPSA) is 79.0 Å². The molecule has 2 aromatic rings. The molecule has 6 nitrogen and oxygen atoms in total. The van der Waals surface area contributed by atoms with E-state index in [0.29, 0.717) is 34.9 Å². The standard InChI is InChI=1S/C15H16N4O2S2/c1-3-7-19-14(21)11-5-9-22-13(11)17-15(19)23-10-12(20)18(2)8-4-6-16/h3,5,9H,1,4,7-8,10H2,2H3. The lowest BCUT2D eigenvalue weighted by Gasteiger charge is -2.15. The molecule has 23 heavy (non-hydrogen) atoms. The number of allylic oxidation sites excluding steroid dienone is 1. The highest BCUT2D eigenvalue weighted by Crippen LogP contribution is 2.21. The van der Waals surface area contributed by atoms with Crippen molar-refractivity contribution in [1.29, 1.82) is 5.26 Å².